The van der Waals surface area contributed by atoms with Crippen LogP contribution in [0.4, 0.5) is 4.79 Å². The normalized spacial score (nSPS) is 19.5. The highest BCUT2D eigenvalue weighted by atomic mass is 16.5. The average molecular weight is 521 g/mol. The molecule has 0 saturated carbocycles. The monoisotopic (exact) mass is 520 g/mol. The van der Waals surface area contributed by atoms with E-state index in [9.17, 15) is 14.4 Å². The number of piperazine rings is 1. The predicted octanol–water partition coefficient (Wildman–Crippen LogP) is 4.64. The quantitative estimate of drug-likeness (QED) is 0.470. The van der Waals surface area contributed by atoms with Gasteiger partial charge in [-0.1, -0.05) is 57.0 Å². The summed E-state index contributed by atoms with van der Waals surface area (Å²) in [6, 6.07) is 14.4. The Morgan fingerprint density at radius 1 is 1.03 bits per heavy atom. The van der Waals surface area contributed by atoms with E-state index in [0.29, 0.717) is 37.2 Å². The van der Waals surface area contributed by atoms with E-state index in [2.05, 4.69) is 17.6 Å². The van der Waals surface area contributed by atoms with E-state index in [1.165, 1.54) is 4.90 Å². The lowest BCUT2D eigenvalue weighted by Gasteiger charge is -2.53. The van der Waals surface area contributed by atoms with Crippen LogP contribution in [0.15, 0.2) is 48.5 Å². The fourth-order valence-corrected chi connectivity index (χ4v) is 5.38. The number of aryl methyl sites for hydroxylation is 1. The highest BCUT2D eigenvalue weighted by molar-refractivity contribution is 6.03. The standard InChI is InChI=1S/C30H40N4O4/c1-5-8-25(22-11-9-21(4)10-12-22)32-29(37)34-27(36)30(6-2,7-3)28(34)38-24-15-13-23(14-16-24)26(35)33-19-17-31-18-20-33/h9-16,25,28,31H,5-8,17-20H2,1-4H3,(H,32,37)/t25-,28-/m0/s1. The van der Waals surface area contributed by atoms with Crippen LogP contribution in [-0.2, 0) is 4.79 Å². The second kappa shape index (κ2) is 12.0. The number of benzene rings is 2. The summed E-state index contributed by atoms with van der Waals surface area (Å²) in [6.07, 6.45) is 2.05. The number of imide groups is 1. The van der Waals surface area contributed by atoms with Gasteiger partial charge in [-0.15, -0.1) is 0 Å². The molecule has 0 bridgehead atoms. The number of hydrogen-bond acceptors (Lipinski definition) is 5. The predicted molar refractivity (Wildman–Crippen MR) is 147 cm³/mol. The number of rotatable bonds is 9. The fourth-order valence-electron chi connectivity index (χ4n) is 5.38. The van der Waals surface area contributed by atoms with Gasteiger partial charge in [-0.05, 0) is 56.0 Å². The van der Waals surface area contributed by atoms with Gasteiger partial charge in [0, 0.05) is 31.7 Å². The first kappa shape index (κ1) is 27.6. The second-order valence-electron chi connectivity index (χ2n) is 10.3. The van der Waals surface area contributed by atoms with Crippen LogP contribution in [0.25, 0.3) is 0 Å². The summed E-state index contributed by atoms with van der Waals surface area (Å²) in [4.78, 5) is 42.7. The van der Waals surface area contributed by atoms with Gasteiger partial charge in [0.2, 0.25) is 5.91 Å². The van der Waals surface area contributed by atoms with Gasteiger partial charge in [0.05, 0.1) is 6.04 Å². The first-order valence-corrected chi connectivity index (χ1v) is 13.8. The van der Waals surface area contributed by atoms with Gasteiger partial charge in [-0.2, -0.15) is 0 Å². The van der Waals surface area contributed by atoms with Crippen LogP contribution < -0.4 is 15.4 Å². The largest absolute Gasteiger partial charge is 0.469 e. The minimum Gasteiger partial charge on any atom is -0.469 e. The molecule has 38 heavy (non-hydrogen) atoms. The lowest BCUT2D eigenvalue weighted by molar-refractivity contribution is -0.191. The average Bonchev–Trinajstić information content (AvgIpc) is 2.94. The summed E-state index contributed by atoms with van der Waals surface area (Å²) >= 11 is 0. The van der Waals surface area contributed by atoms with Crippen LogP contribution in [-0.4, -0.2) is 60.1 Å². The molecule has 4 amide bonds. The number of amides is 4. The Hall–Kier alpha value is -3.39. The summed E-state index contributed by atoms with van der Waals surface area (Å²) in [5, 5.41) is 6.33. The van der Waals surface area contributed by atoms with Crippen molar-refractivity contribution in [2.24, 2.45) is 5.41 Å². The highest BCUT2D eigenvalue weighted by Crippen LogP contribution is 2.46. The van der Waals surface area contributed by atoms with E-state index < -0.39 is 17.7 Å². The van der Waals surface area contributed by atoms with E-state index in [1.54, 1.807) is 24.3 Å². The zero-order valence-electron chi connectivity index (χ0n) is 23.0. The molecule has 2 aromatic rings. The van der Waals surface area contributed by atoms with Gasteiger partial charge >= 0.3 is 6.03 Å². The van der Waals surface area contributed by atoms with Gasteiger partial charge in [-0.3, -0.25) is 9.59 Å². The van der Waals surface area contributed by atoms with Crippen molar-refractivity contribution in [3.8, 4) is 5.75 Å². The van der Waals surface area contributed by atoms with Gasteiger partial charge < -0.3 is 20.3 Å². The SMILES string of the molecule is CCC[C@H](NC(=O)N1C(=O)C(CC)(CC)[C@@H]1Oc1ccc(C(=O)N2CCNCC2)cc1)c1ccc(C)cc1. The number of hydrogen-bond donors (Lipinski definition) is 2. The molecule has 0 aliphatic carbocycles. The van der Waals surface area contributed by atoms with Gasteiger partial charge in [0.25, 0.3) is 5.91 Å². The van der Waals surface area contributed by atoms with Crippen molar-refractivity contribution in [1.82, 2.24) is 20.4 Å². The molecule has 2 N–H and O–H groups in total. The van der Waals surface area contributed by atoms with Crippen molar-refractivity contribution in [3.63, 3.8) is 0 Å². The molecule has 8 nitrogen and oxygen atoms in total. The molecule has 8 heteroatoms. The first-order valence-electron chi connectivity index (χ1n) is 13.8. The molecular weight excluding hydrogens is 480 g/mol. The van der Waals surface area contributed by atoms with E-state index >= 15 is 0 Å². The lowest BCUT2D eigenvalue weighted by atomic mass is 9.72. The molecule has 2 aliphatic heterocycles. The molecule has 2 aliphatic rings. The molecule has 2 atom stereocenters. The van der Waals surface area contributed by atoms with E-state index in [0.717, 1.165) is 37.1 Å². The van der Waals surface area contributed by atoms with E-state index in [4.69, 9.17) is 4.74 Å². The molecule has 2 aromatic carbocycles. The molecule has 0 unspecified atom stereocenters. The Morgan fingerprint density at radius 3 is 2.24 bits per heavy atom. The van der Waals surface area contributed by atoms with Crippen LogP contribution >= 0.6 is 0 Å². The summed E-state index contributed by atoms with van der Waals surface area (Å²) < 4.78 is 6.30. The molecule has 2 heterocycles. The Morgan fingerprint density at radius 2 is 1.66 bits per heavy atom. The molecule has 204 valence electrons. The minimum atomic E-state index is -0.767. The number of β-lactam (4-membered cyclic amide) rings is 1. The van der Waals surface area contributed by atoms with Crippen LogP contribution in [0.2, 0.25) is 0 Å². The van der Waals surface area contributed by atoms with E-state index in [-0.39, 0.29) is 17.9 Å². The summed E-state index contributed by atoms with van der Waals surface area (Å²) in [6.45, 7) is 11.0. The van der Waals surface area contributed by atoms with Crippen LogP contribution in [0, 0.1) is 12.3 Å². The molecule has 0 radical (unpaired) electrons. The number of nitrogens with one attached hydrogen (secondary N) is 2. The maximum absolute atomic E-state index is 13.5. The van der Waals surface area contributed by atoms with Crippen molar-refractivity contribution in [2.75, 3.05) is 26.2 Å². The maximum Gasteiger partial charge on any atom is 0.327 e. The molecule has 2 saturated heterocycles. The fraction of sp³-hybridized carbons (Fsp3) is 0.500. The van der Waals surface area contributed by atoms with Crippen molar-refractivity contribution in [2.45, 2.75) is 65.6 Å². The maximum atomic E-state index is 13.5. The van der Waals surface area contributed by atoms with Gasteiger partial charge in [-0.25, -0.2) is 9.69 Å². The van der Waals surface area contributed by atoms with Crippen molar-refractivity contribution in [1.29, 1.82) is 0 Å². The lowest BCUT2D eigenvalue weighted by Crippen LogP contribution is -2.73. The van der Waals surface area contributed by atoms with Crippen LogP contribution in [0.5, 0.6) is 5.75 Å². The zero-order valence-corrected chi connectivity index (χ0v) is 23.0. The van der Waals surface area contributed by atoms with Crippen molar-refractivity contribution >= 4 is 17.8 Å². The number of ether oxygens (including phenoxy) is 1. The smallest absolute Gasteiger partial charge is 0.327 e. The third-order valence-electron chi connectivity index (χ3n) is 7.94. The topological polar surface area (TPSA) is 91.0 Å². The summed E-state index contributed by atoms with van der Waals surface area (Å²) in [7, 11) is 0. The van der Waals surface area contributed by atoms with Gasteiger partial charge in [0.1, 0.15) is 11.2 Å². The van der Waals surface area contributed by atoms with Crippen molar-refractivity contribution in [3.05, 3.63) is 65.2 Å². The number of nitrogens with zero attached hydrogens (tertiary/aromatic N) is 2. The minimum absolute atomic E-state index is 0.00703. The Labute approximate surface area is 225 Å². The summed E-state index contributed by atoms with van der Waals surface area (Å²) in [5.41, 5.74) is 1.99. The van der Waals surface area contributed by atoms with Gasteiger partial charge in [0.15, 0.2) is 6.23 Å². The van der Waals surface area contributed by atoms with E-state index in [1.807, 2.05) is 49.9 Å². The molecular formula is C30H40N4O4. The highest BCUT2D eigenvalue weighted by Gasteiger charge is 2.63. The van der Waals surface area contributed by atoms with Crippen LogP contribution in [0.1, 0.15) is 74.0 Å². The Balaban J connectivity index is 1.50. The molecule has 0 spiro atoms. The Kier molecular flexibility index (Phi) is 8.72. The first-order chi connectivity index (χ1) is 18.3. The zero-order chi connectivity index (χ0) is 27.3. The number of likely N-dealkylation sites (tertiary alicyclic amines) is 1. The number of carbonyl (C=O) groups is 3. The second-order valence-corrected chi connectivity index (χ2v) is 10.3. The third kappa shape index (κ3) is 5.41. The number of carbonyl (C=O) groups excluding carboxylic acids is 3. The number of urea groups is 1. The van der Waals surface area contributed by atoms with Crippen molar-refractivity contribution < 1.29 is 19.1 Å². The molecule has 2 fully saturated rings. The summed E-state index contributed by atoms with van der Waals surface area (Å²) in [5.74, 6) is 0.300. The third-order valence-corrected chi connectivity index (χ3v) is 7.94. The Bertz CT molecular complexity index is 1120. The molecule has 4 rings (SSSR count). The van der Waals surface area contributed by atoms with Crippen LogP contribution in [0.3, 0.4) is 0 Å². The molecule has 0 aromatic heterocycles.